The molecule has 7 heteroatoms. The molecule has 3 rings (SSSR count). The molecular weight excluding hydrogens is 350 g/mol. The number of rotatable bonds is 6. The SMILES string of the molecule is COc1ccc(N2C(=O)[C@@H](OC(C)=O)[C@H]2c2ccc(OC)c(OC)c2)cc1. The van der Waals surface area contributed by atoms with Crippen molar-refractivity contribution < 1.29 is 28.5 Å². The van der Waals surface area contributed by atoms with Crippen LogP contribution >= 0.6 is 0 Å². The van der Waals surface area contributed by atoms with Crippen LogP contribution in [0, 0.1) is 0 Å². The molecule has 0 aromatic heterocycles. The number of benzene rings is 2. The molecule has 1 amide bonds. The molecule has 2 aromatic rings. The van der Waals surface area contributed by atoms with Crippen molar-refractivity contribution in [3.63, 3.8) is 0 Å². The lowest BCUT2D eigenvalue weighted by molar-refractivity contribution is -0.160. The van der Waals surface area contributed by atoms with Crippen LogP contribution < -0.4 is 19.1 Å². The summed E-state index contributed by atoms with van der Waals surface area (Å²) in [6.45, 7) is 1.29. The topological polar surface area (TPSA) is 74.3 Å². The number of esters is 1. The largest absolute Gasteiger partial charge is 0.497 e. The number of hydrogen-bond donors (Lipinski definition) is 0. The predicted octanol–water partition coefficient (Wildman–Crippen LogP) is 2.73. The van der Waals surface area contributed by atoms with Crippen molar-refractivity contribution in [2.45, 2.75) is 19.1 Å². The number of nitrogens with zero attached hydrogens (tertiary/aromatic N) is 1. The van der Waals surface area contributed by atoms with Crippen molar-refractivity contribution in [3.8, 4) is 17.2 Å². The van der Waals surface area contributed by atoms with Crippen LogP contribution in [0.2, 0.25) is 0 Å². The van der Waals surface area contributed by atoms with E-state index in [0.29, 0.717) is 22.9 Å². The molecule has 1 aliphatic rings. The Labute approximate surface area is 157 Å². The Bertz CT molecular complexity index is 848. The van der Waals surface area contributed by atoms with E-state index in [9.17, 15) is 9.59 Å². The zero-order chi connectivity index (χ0) is 19.6. The van der Waals surface area contributed by atoms with Gasteiger partial charge in [-0.2, -0.15) is 0 Å². The second-order valence-electron chi connectivity index (χ2n) is 6.00. The van der Waals surface area contributed by atoms with Gasteiger partial charge in [-0.15, -0.1) is 0 Å². The summed E-state index contributed by atoms with van der Waals surface area (Å²) in [7, 11) is 4.67. The second kappa shape index (κ2) is 7.57. The molecular formula is C20H21NO6. The van der Waals surface area contributed by atoms with Gasteiger partial charge in [0.05, 0.1) is 21.3 Å². The van der Waals surface area contributed by atoms with E-state index in [1.807, 2.05) is 6.07 Å². The summed E-state index contributed by atoms with van der Waals surface area (Å²) in [4.78, 5) is 25.7. The summed E-state index contributed by atoms with van der Waals surface area (Å²) in [5, 5.41) is 0. The number of amides is 1. The lowest BCUT2D eigenvalue weighted by atomic mass is 9.89. The standard InChI is InChI=1S/C20H21NO6/c1-12(22)27-19-18(13-5-10-16(25-3)17(11-13)26-4)21(20(19)23)14-6-8-15(24-2)9-7-14/h5-11,18-19H,1-4H3/t18-,19+/m1/s1. The molecule has 0 N–H and O–H groups in total. The number of anilines is 1. The lowest BCUT2D eigenvalue weighted by Gasteiger charge is -2.46. The smallest absolute Gasteiger partial charge is 0.303 e. The Hall–Kier alpha value is -3.22. The Kier molecular flexibility index (Phi) is 5.21. The van der Waals surface area contributed by atoms with Crippen LogP contribution in [0.4, 0.5) is 5.69 Å². The van der Waals surface area contributed by atoms with Crippen LogP contribution in [0.5, 0.6) is 17.2 Å². The first-order chi connectivity index (χ1) is 13.0. The third-order valence-corrected chi connectivity index (χ3v) is 4.44. The highest BCUT2D eigenvalue weighted by Gasteiger charge is 2.51. The number of carbonyl (C=O) groups is 2. The monoisotopic (exact) mass is 371 g/mol. The summed E-state index contributed by atoms with van der Waals surface area (Å²) in [5.41, 5.74) is 1.46. The van der Waals surface area contributed by atoms with E-state index in [4.69, 9.17) is 18.9 Å². The van der Waals surface area contributed by atoms with Gasteiger partial charge in [0.25, 0.3) is 5.91 Å². The third-order valence-electron chi connectivity index (χ3n) is 4.44. The van der Waals surface area contributed by atoms with Crippen LogP contribution in [0.3, 0.4) is 0 Å². The van der Waals surface area contributed by atoms with E-state index in [0.717, 1.165) is 5.56 Å². The zero-order valence-electron chi connectivity index (χ0n) is 15.6. The molecule has 0 saturated carbocycles. The average Bonchev–Trinajstić information content (AvgIpc) is 2.69. The van der Waals surface area contributed by atoms with Crippen molar-refractivity contribution in [1.29, 1.82) is 0 Å². The average molecular weight is 371 g/mol. The maximum Gasteiger partial charge on any atom is 0.303 e. The van der Waals surface area contributed by atoms with Crippen molar-refractivity contribution in [3.05, 3.63) is 48.0 Å². The number of hydrogen-bond acceptors (Lipinski definition) is 6. The molecule has 0 spiro atoms. The number of methoxy groups -OCH3 is 3. The molecule has 1 heterocycles. The van der Waals surface area contributed by atoms with Crippen LogP contribution in [0.1, 0.15) is 18.5 Å². The summed E-state index contributed by atoms with van der Waals surface area (Å²) in [6, 6.07) is 12.0. The van der Waals surface area contributed by atoms with E-state index < -0.39 is 18.1 Å². The Morgan fingerprint density at radius 2 is 1.59 bits per heavy atom. The third kappa shape index (κ3) is 3.40. The fourth-order valence-electron chi connectivity index (χ4n) is 3.15. The molecule has 1 aliphatic heterocycles. The summed E-state index contributed by atoms with van der Waals surface area (Å²) < 4.78 is 21.1. The predicted molar refractivity (Wildman–Crippen MR) is 98.3 cm³/mol. The molecule has 0 aliphatic carbocycles. The molecule has 2 atom stereocenters. The van der Waals surface area contributed by atoms with Crippen LogP contribution in [0.25, 0.3) is 0 Å². The minimum atomic E-state index is -0.886. The van der Waals surface area contributed by atoms with Gasteiger partial charge in [-0.1, -0.05) is 6.07 Å². The molecule has 0 bridgehead atoms. The zero-order valence-corrected chi connectivity index (χ0v) is 15.6. The van der Waals surface area contributed by atoms with Gasteiger partial charge in [0.2, 0.25) is 6.10 Å². The van der Waals surface area contributed by atoms with Crippen LogP contribution in [0.15, 0.2) is 42.5 Å². The second-order valence-corrected chi connectivity index (χ2v) is 6.00. The quantitative estimate of drug-likeness (QED) is 0.574. The highest BCUT2D eigenvalue weighted by atomic mass is 16.6. The first-order valence-corrected chi connectivity index (χ1v) is 8.36. The van der Waals surface area contributed by atoms with Gasteiger partial charge in [0, 0.05) is 12.6 Å². The summed E-state index contributed by atoms with van der Waals surface area (Å²) in [6.07, 6.45) is -0.886. The number of β-lactam (4-membered cyclic amide) rings is 1. The normalized spacial score (nSPS) is 18.5. The number of carbonyl (C=O) groups excluding carboxylic acids is 2. The fourth-order valence-corrected chi connectivity index (χ4v) is 3.15. The van der Waals surface area contributed by atoms with Crippen molar-refractivity contribution in [2.75, 3.05) is 26.2 Å². The van der Waals surface area contributed by atoms with Gasteiger partial charge in [-0.25, -0.2) is 0 Å². The van der Waals surface area contributed by atoms with Gasteiger partial charge in [-0.3, -0.25) is 14.5 Å². The van der Waals surface area contributed by atoms with Crippen molar-refractivity contribution in [1.82, 2.24) is 0 Å². The minimum absolute atomic E-state index is 0.282. The van der Waals surface area contributed by atoms with Crippen molar-refractivity contribution in [2.24, 2.45) is 0 Å². The Morgan fingerprint density at radius 3 is 2.15 bits per heavy atom. The van der Waals surface area contributed by atoms with Crippen LogP contribution in [-0.4, -0.2) is 39.3 Å². The highest BCUT2D eigenvalue weighted by Crippen LogP contribution is 2.43. The van der Waals surface area contributed by atoms with Gasteiger partial charge < -0.3 is 18.9 Å². The maximum atomic E-state index is 12.7. The molecule has 2 aromatic carbocycles. The Balaban J connectivity index is 2.00. The highest BCUT2D eigenvalue weighted by molar-refractivity contribution is 6.06. The van der Waals surface area contributed by atoms with Gasteiger partial charge in [-0.05, 0) is 42.0 Å². The van der Waals surface area contributed by atoms with Gasteiger partial charge in [0.15, 0.2) is 11.5 Å². The van der Waals surface area contributed by atoms with E-state index >= 15 is 0 Å². The van der Waals surface area contributed by atoms with Gasteiger partial charge in [0.1, 0.15) is 11.8 Å². The maximum absolute atomic E-state index is 12.7. The molecule has 0 unspecified atom stereocenters. The molecule has 7 nitrogen and oxygen atoms in total. The molecule has 1 fully saturated rings. The van der Waals surface area contributed by atoms with E-state index in [1.165, 1.54) is 6.92 Å². The van der Waals surface area contributed by atoms with Gasteiger partial charge >= 0.3 is 5.97 Å². The first kappa shape index (κ1) is 18.6. The molecule has 142 valence electrons. The molecule has 27 heavy (non-hydrogen) atoms. The van der Waals surface area contributed by atoms with Crippen molar-refractivity contribution >= 4 is 17.6 Å². The summed E-state index contributed by atoms with van der Waals surface area (Å²) >= 11 is 0. The first-order valence-electron chi connectivity index (χ1n) is 8.36. The number of ether oxygens (including phenoxy) is 4. The molecule has 0 radical (unpaired) electrons. The fraction of sp³-hybridized carbons (Fsp3) is 0.300. The molecule has 1 saturated heterocycles. The van der Waals surface area contributed by atoms with E-state index in [1.54, 1.807) is 62.6 Å². The van der Waals surface area contributed by atoms with E-state index in [2.05, 4.69) is 0 Å². The minimum Gasteiger partial charge on any atom is -0.497 e. The van der Waals surface area contributed by atoms with Crippen LogP contribution in [-0.2, 0) is 14.3 Å². The lowest BCUT2D eigenvalue weighted by Crippen LogP contribution is -2.60. The summed E-state index contributed by atoms with van der Waals surface area (Å²) in [5.74, 6) is 1.01. The Morgan fingerprint density at radius 1 is 0.926 bits per heavy atom. The van der Waals surface area contributed by atoms with E-state index in [-0.39, 0.29) is 5.91 Å².